The summed E-state index contributed by atoms with van der Waals surface area (Å²) in [4.78, 5) is 25.3. The summed E-state index contributed by atoms with van der Waals surface area (Å²) >= 11 is 0. The molecule has 0 aromatic heterocycles. The number of hydrogen-bond acceptors (Lipinski definition) is 3. The van der Waals surface area contributed by atoms with E-state index in [0.29, 0.717) is 18.4 Å². The maximum Gasteiger partial charge on any atom is 0.317 e. The summed E-state index contributed by atoms with van der Waals surface area (Å²) in [7, 11) is 0. The van der Waals surface area contributed by atoms with Gasteiger partial charge in [-0.3, -0.25) is 14.5 Å². The molecule has 2 fully saturated rings. The minimum absolute atomic E-state index is 0.0553. The highest BCUT2D eigenvalue weighted by Gasteiger charge is 2.37. The summed E-state index contributed by atoms with van der Waals surface area (Å²) in [6.45, 7) is 3.12. The summed E-state index contributed by atoms with van der Waals surface area (Å²) < 4.78 is 0. The van der Waals surface area contributed by atoms with Crippen molar-refractivity contribution in [3.05, 3.63) is 35.4 Å². The molecule has 0 bridgehead atoms. The van der Waals surface area contributed by atoms with Crippen LogP contribution in [0.3, 0.4) is 0 Å². The Labute approximate surface area is 149 Å². The minimum atomic E-state index is -0.760. The highest BCUT2D eigenvalue weighted by atomic mass is 16.4. The van der Waals surface area contributed by atoms with Gasteiger partial charge in [0.1, 0.15) is 0 Å². The molecule has 2 saturated carbocycles. The number of nitrogens with one attached hydrogen (secondary N) is 1. The van der Waals surface area contributed by atoms with Gasteiger partial charge in [-0.05, 0) is 49.1 Å². The average molecular weight is 344 g/mol. The summed E-state index contributed by atoms with van der Waals surface area (Å²) in [5.41, 5.74) is 2.31. The first-order valence-electron chi connectivity index (χ1n) is 9.36. The number of carboxylic acids is 1. The molecule has 2 aliphatic rings. The van der Waals surface area contributed by atoms with E-state index >= 15 is 0 Å². The van der Waals surface area contributed by atoms with E-state index in [4.69, 9.17) is 5.11 Å². The average Bonchev–Trinajstić information content (AvgIpc) is 3.34. The third-order valence-corrected chi connectivity index (χ3v) is 5.32. The normalized spacial score (nSPS) is 22.5. The smallest absolute Gasteiger partial charge is 0.317 e. The summed E-state index contributed by atoms with van der Waals surface area (Å²) in [6, 6.07) is 8.67. The van der Waals surface area contributed by atoms with Crippen LogP contribution < -0.4 is 5.32 Å². The molecule has 25 heavy (non-hydrogen) atoms. The lowest BCUT2D eigenvalue weighted by atomic mass is 9.85. The lowest BCUT2D eigenvalue weighted by Gasteiger charge is -2.42. The Balaban J connectivity index is 1.42. The van der Waals surface area contributed by atoms with Crippen LogP contribution in [0.1, 0.15) is 43.7 Å². The summed E-state index contributed by atoms with van der Waals surface area (Å²) in [5.74, 6) is -0.0255. The molecule has 0 spiro atoms. The van der Waals surface area contributed by atoms with E-state index in [1.165, 1.54) is 18.4 Å². The zero-order chi connectivity index (χ0) is 17.8. The molecule has 5 nitrogen and oxygen atoms in total. The quantitative estimate of drug-likeness (QED) is 0.721. The number of nitrogens with zero attached hydrogens (tertiary/aromatic N) is 1. The van der Waals surface area contributed by atoms with Crippen LogP contribution in [0.4, 0.5) is 0 Å². The largest absolute Gasteiger partial charge is 0.480 e. The molecule has 1 aromatic rings. The second-order valence-electron chi connectivity index (χ2n) is 7.50. The van der Waals surface area contributed by atoms with Crippen LogP contribution in [0.15, 0.2) is 24.3 Å². The maximum absolute atomic E-state index is 12.2. The second kappa shape index (κ2) is 8.00. The van der Waals surface area contributed by atoms with Gasteiger partial charge in [0.05, 0.1) is 13.0 Å². The Kier molecular flexibility index (Phi) is 5.74. The van der Waals surface area contributed by atoms with Crippen molar-refractivity contribution in [3.63, 3.8) is 0 Å². The van der Waals surface area contributed by atoms with Crippen LogP contribution in [0, 0.1) is 5.92 Å². The summed E-state index contributed by atoms with van der Waals surface area (Å²) in [6.07, 6.45) is 5.58. The Morgan fingerprint density at radius 2 is 1.80 bits per heavy atom. The fourth-order valence-corrected chi connectivity index (χ4v) is 3.51. The van der Waals surface area contributed by atoms with Gasteiger partial charge in [-0.2, -0.15) is 0 Å². The fourth-order valence-electron chi connectivity index (χ4n) is 3.51. The molecular formula is C20H28N2O3. The topological polar surface area (TPSA) is 69.6 Å². The molecule has 0 aliphatic heterocycles. The molecule has 1 aromatic carbocycles. The number of aryl methyl sites for hydroxylation is 1. The first-order valence-corrected chi connectivity index (χ1v) is 9.36. The Bertz CT molecular complexity index is 604. The molecule has 0 heterocycles. The van der Waals surface area contributed by atoms with E-state index in [-0.39, 0.29) is 18.5 Å². The van der Waals surface area contributed by atoms with E-state index in [0.717, 1.165) is 31.4 Å². The van der Waals surface area contributed by atoms with Gasteiger partial charge in [-0.15, -0.1) is 0 Å². The van der Waals surface area contributed by atoms with Crippen molar-refractivity contribution < 1.29 is 14.7 Å². The van der Waals surface area contributed by atoms with Crippen molar-refractivity contribution in [3.8, 4) is 0 Å². The number of hydrogen-bond donors (Lipinski definition) is 2. The monoisotopic (exact) mass is 344 g/mol. The molecule has 0 atom stereocenters. The van der Waals surface area contributed by atoms with Crippen LogP contribution in [-0.4, -0.2) is 47.1 Å². The molecule has 0 saturated heterocycles. The van der Waals surface area contributed by atoms with Gasteiger partial charge < -0.3 is 10.4 Å². The molecule has 2 N–H and O–H groups in total. The molecule has 1 amide bonds. The van der Waals surface area contributed by atoms with Gasteiger partial charge in [0, 0.05) is 18.6 Å². The number of carbonyl (C=O) groups excluding carboxylic acids is 1. The predicted octanol–water partition coefficient (Wildman–Crippen LogP) is 2.24. The predicted molar refractivity (Wildman–Crippen MR) is 96.4 cm³/mol. The van der Waals surface area contributed by atoms with Crippen molar-refractivity contribution in [2.45, 2.75) is 57.5 Å². The third kappa shape index (κ3) is 5.30. The van der Waals surface area contributed by atoms with Gasteiger partial charge in [-0.1, -0.05) is 31.2 Å². The molecular weight excluding hydrogens is 316 g/mol. The number of benzene rings is 1. The molecule has 0 unspecified atom stereocenters. The Hall–Kier alpha value is -1.88. The van der Waals surface area contributed by atoms with Crippen molar-refractivity contribution in [1.29, 1.82) is 0 Å². The number of rotatable bonds is 9. The van der Waals surface area contributed by atoms with Crippen molar-refractivity contribution in [1.82, 2.24) is 10.2 Å². The van der Waals surface area contributed by atoms with Crippen molar-refractivity contribution in [2.24, 2.45) is 5.92 Å². The molecule has 2 aliphatic carbocycles. The van der Waals surface area contributed by atoms with E-state index in [1.54, 1.807) is 0 Å². The molecule has 5 heteroatoms. The van der Waals surface area contributed by atoms with Crippen LogP contribution in [0.2, 0.25) is 0 Å². The standard InChI is InChI=1S/C20H28N2O3/c1-2-14-3-5-15(6-4-14)9-19(23)21-17-10-18(11-17)22(13-20(24)25)12-16-7-8-16/h3-6,16-18H,2,7-13H2,1H3,(H,21,23)(H,24,25). The highest BCUT2D eigenvalue weighted by molar-refractivity contribution is 5.79. The van der Waals surface area contributed by atoms with Crippen molar-refractivity contribution >= 4 is 11.9 Å². The van der Waals surface area contributed by atoms with Crippen LogP contribution in [0.5, 0.6) is 0 Å². The molecule has 136 valence electrons. The van der Waals surface area contributed by atoms with E-state index in [1.807, 2.05) is 12.1 Å². The van der Waals surface area contributed by atoms with Gasteiger partial charge in [0.2, 0.25) is 5.91 Å². The lowest BCUT2D eigenvalue weighted by Crippen LogP contribution is -2.55. The van der Waals surface area contributed by atoms with E-state index < -0.39 is 5.97 Å². The van der Waals surface area contributed by atoms with Gasteiger partial charge in [-0.25, -0.2) is 0 Å². The van der Waals surface area contributed by atoms with E-state index in [9.17, 15) is 9.59 Å². The van der Waals surface area contributed by atoms with Gasteiger partial charge >= 0.3 is 5.97 Å². The third-order valence-electron chi connectivity index (χ3n) is 5.32. The van der Waals surface area contributed by atoms with Gasteiger partial charge in [0.15, 0.2) is 0 Å². The number of carboxylic acid groups (broad SMARTS) is 1. The Morgan fingerprint density at radius 1 is 1.16 bits per heavy atom. The minimum Gasteiger partial charge on any atom is -0.480 e. The Morgan fingerprint density at radius 3 is 2.36 bits per heavy atom. The first kappa shape index (κ1) is 17.9. The molecule has 0 radical (unpaired) electrons. The lowest BCUT2D eigenvalue weighted by molar-refractivity contribution is -0.140. The first-order chi connectivity index (χ1) is 12.0. The maximum atomic E-state index is 12.2. The SMILES string of the molecule is CCc1ccc(CC(=O)NC2CC(N(CC(=O)O)CC3CC3)C2)cc1. The molecule has 3 rings (SSSR count). The van der Waals surface area contributed by atoms with Crippen LogP contribution in [-0.2, 0) is 22.4 Å². The van der Waals surface area contributed by atoms with Crippen LogP contribution in [0.25, 0.3) is 0 Å². The van der Waals surface area contributed by atoms with Crippen molar-refractivity contribution in [2.75, 3.05) is 13.1 Å². The zero-order valence-corrected chi connectivity index (χ0v) is 14.9. The summed E-state index contributed by atoms with van der Waals surface area (Å²) in [5, 5.41) is 12.2. The zero-order valence-electron chi connectivity index (χ0n) is 14.9. The second-order valence-corrected chi connectivity index (χ2v) is 7.50. The number of amides is 1. The number of carbonyl (C=O) groups is 2. The van der Waals surface area contributed by atoms with E-state index in [2.05, 4.69) is 29.3 Å². The fraction of sp³-hybridized carbons (Fsp3) is 0.600. The van der Waals surface area contributed by atoms with Gasteiger partial charge in [0.25, 0.3) is 0 Å². The highest BCUT2D eigenvalue weighted by Crippen LogP contribution is 2.33. The number of aliphatic carboxylic acids is 1. The van der Waals surface area contributed by atoms with Crippen LogP contribution >= 0.6 is 0 Å².